The Bertz CT molecular complexity index is 1330. The molecular weight excluding hydrogens is 552 g/mol. The number of anilines is 1. The standard InChI is InChI=1S/C33H41ClN4O4/c1-22(20-33(32(40)37(2)3,23-12-8-6-9-13-23)24-14-10-7-11-15-24)38-17-16-28(30(21-38)42-5)36-31(39)25-18-26(34)27(35)19-29(25)41-4/h6-15,18-19,22,28,30H,16-17,20-21,35H2,1-5H3,(H,36,39)/t22?,28-,30+/m0/s1. The minimum absolute atomic E-state index is 0.0274. The number of hydrogen-bond donors (Lipinski definition) is 2. The Morgan fingerprint density at radius 3 is 2.19 bits per heavy atom. The normalized spacial score (nSPS) is 18.2. The number of nitrogens with one attached hydrogen (secondary N) is 1. The maximum atomic E-state index is 14.1. The fourth-order valence-corrected chi connectivity index (χ4v) is 6.21. The van der Waals surface area contributed by atoms with Crippen molar-refractivity contribution in [2.45, 2.75) is 43.4 Å². The van der Waals surface area contributed by atoms with Gasteiger partial charge in [-0.2, -0.15) is 0 Å². The molecule has 0 aromatic heterocycles. The average Bonchev–Trinajstić information content (AvgIpc) is 3.01. The van der Waals surface area contributed by atoms with E-state index in [1.54, 1.807) is 18.1 Å². The predicted molar refractivity (Wildman–Crippen MR) is 167 cm³/mol. The van der Waals surface area contributed by atoms with E-state index in [1.807, 2.05) is 74.8 Å². The molecule has 9 heteroatoms. The van der Waals surface area contributed by atoms with Crippen LogP contribution in [0, 0.1) is 0 Å². The number of likely N-dealkylation sites (N-methyl/N-ethyl adjacent to an activating group) is 1. The number of nitrogen functional groups attached to an aromatic ring is 1. The molecule has 8 nitrogen and oxygen atoms in total. The van der Waals surface area contributed by atoms with Crippen molar-refractivity contribution in [3.8, 4) is 5.75 Å². The number of amides is 2. The first-order chi connectivity index (χ1) is 20.1. The van der Waals surface area contributed by atoms with Crippen LogP contribution in [0.5, 0.6) is 5.75 Å². The van der Waals surface area contributed by atoms with Crippen molar-refractivity contribution in [3.63, 3.8) is 0 Å². The summed E-state index contributed by atoms with van der Waals surface area (Å²) in [4.78, 5) is 31.4. The van der Waals surface area contributed by atoms with Crippen LogP contribution >= 0.6 is 11.6 Å². The Balaban J connectivity index is 1.57. The highest BCUT2D eigenvalue weighted by Crippen LogP contribution is 2.40. The Labute approximate surface area is 253 Å². The summed E-state index contributed by atoms with van der Waals surface area (Å²) in [5.74, 6) is 0.0949. The van der Waals surface area contributed by atoms with Crippen molar-refractivity contribution >= 4 is 29.1 Å². The molecule has 0 bridgehead atoms. The number of benzene rings is 3. The zero-order valence-electron chi connectivity index (χ0n) is 25.0. The highest BCUT2D eigenvalue weighted by molar-refractivity contribution is 6.33. The largest absolute Gasteiger partial charge is 0.496 e. The first kappa shape index (κ1) is 31.3. The number of methoxy groups -OCH3 is 2. The lowest BCUT2D eigenvalue weighted by molar-refractivity contribution is -0.134. The minimum atomic E-state index is -0.871. The molecule has 224 valence electrons. The van der Waals surface area contributed by atoms with Gasteiger partial charge in [-0.15, -0.1) is 0 Å². The van der Waals surface area contributed by atoms with E-state index >= 15 is 0 Å². The van der Waals surface area contributed by atoms with E-state index in [0.717, 1.165) is 17.7 Å². The van der Waals surface area contributed by atoms with Crippen molar-refractivity contribution in [3.05, 3.63) is 94.5 Å². The predicted octanol–water partition coefficient (Wildman–Crippen LogP) is 4.60. The highest BCUT2D eigenvalue weighted by atomic mass is 35.5. The van der Waals surface area contributed by atoms with Crippen molar-refractivity contribution < 1.29 is 19.1 Å². The zero-order chi connectivity index (χ0) is 30.4. The monoisotopic (exact) mass is 592 g/mol. The van der Waals surface area contributed by atoms with Crippen LogP contribution in [0.3, 0.4) is 0 Å². The van der Waals surface area contributed by atoms with Gasteiger partial charge >= 0.3 is 0 Å². The van der Waals surface area contributed by atoms with Crippen LogP contribution in [0.4, 0.5) is 5.69 Å². The van der Waals surface area contributed by atoms with Crippen LogP contribution in [-0.4, -0.2) is 81.2 Å². The summed E-state index contributed by atoms with van der Waals surface area (Å²) in [7, 11) is 6.77. The van der Waals surface area contributed by atoms with Crippen molar-refractivity contribution in [2.24, 2.45) is 0 Å². The van der Waals surface area contributed by atoms with E-state index in [0.29, 0.717) is 41.4 Å². The quantitative estimate of drug-likeness (QED) is 0.334. The molecule has 1 aliphatic heterocycles. The second-order valence-corrected chi connectivity index (χ2v) is 11.5. The number of carbonyl (C=O) groups is 2. The topological polar surface area (TPSA) is 97.1 Å². The summed E-state index contributed by atoms with van der Waals surface area (Å²) in [6, 6.07) is 22.9. The molecule has 3 aromatic rings. The summed E-state index contributed by atoms with van der Waals surface area (Å²) < 4.78 is 11.3. The summed E-state index contributed by atoms with van der Waals surface area (Å²) >= 11 is 6.20. The summed E-state index contributed by atoms with van der Waals surface area (Å²) in [5, 5.41) is 3.41. The highest BCUT2D eigenvalue weighted by Gasteiger charge is 2.45. The van der Waals surface area contributed by atoms with Gasteiger partial charge in [-0.25, -0.2) is 0 Å². The number of nitrogens with zero attached hydrogens (tertiary/aromatic N) is 2. The lowest BCUT2D eigenvalue weighted by Crippen LogP contribution is -2.58. The molecule has 4 rings (SSSR count). The summed E-state index contributed by atoms with van der Waals surface area (Å²) in [6.45, 7) is 3.48. The molecule has 2 amide bonds. The molecule has 0 radical (unpaired) electrons. The zero-order valence-corrected chi connectivity index (χ0v) is 25.7. The molecular formula is C33H41ClN4O4. The Morgan fingerprint density at radius 2 is 1.67 bits per heavy atom. The van der Waals surface area contributed by atoms with Gasteiger partial charge in [0, 0.05) is 46.4 Å². The van der Waals surface area contributed by atoms with Crippen molar-refractivity contribution in [2.75, 3.05) is 47.1 Å². The average molecular weight is 593 g/mol. The third-order valence-corrected chi connectivity index (χ3v) is 8.63. The molecule has 1 aliphatic rings. The van der Waals surface area contributed by atoms with E-state index in [2.05, 4.69) is 17.1 Å². The van der Waals surface area contributed by atoms with Gasteiger partial charge in [0.25, 0.3) is 5.91 Å². The van der Waals surface area contributed by atoms with Gasteiger partial charge in [-0.3, -0.25) is 14.5 Å². The number of halogens is 1. The molecule has 1 unspecified atom stereocenters. The van der Waals surface area contributed by atoms with Crippen molar-refractivity contribution in [1.82, 2.24) is 15.1 Å². The van der Waals surface area contributed by atoms with E-state index in [1.165, 1.54) is 13.2 Å². The fourth-order valence-electron chi connectivity index (χ4n) is 6.04. The molecule has 0 saturated carbocycles. The second kappa shape index (κ2) is 13.6. The molecule has 0 spiro atoms. The van der Waals surface area contributed by atoms with Gasteiger partial charge in [0.05, 0.1) is 35.5 Å². The van der Waals surface area contributed by atoms with E-state index in [4.69, 9.17) is 26.8 Å². The Morgan fingerprint density at radius 1 is 1.07 bits per heavy atom. The van der Waals surface area contributed by atoms with Gasteiger partial charge in [-0.05, 0) is 37.0 Å². The van der Waals surface area contributed by atoms with Gasteiger partial charge in [0.1, 0.15) is 11.2 Å². The molecule has 3 atom stereocenters. The van der Waals surface area contributed by atoms with E-state index in [9.17, 15) is 9.59 Å². The van der Waals surface area contributed by atoms with Gasteiger partial charge in [-0.1, -0.05) is 72.3 Å². The van der Waals surface area contributed by atoms with Crippen LogP contribution in [0.15, 0.2) is 72.8 Å². The number of carbonyl (C=O) groups excluding carboxylic acids is 2. The summed E-state index contributed by atoms with van der Waals surface area (Å²) in [6.07, 6.45) is 0.991. The summed E-state index contributed by atoms with van der Waals surface area (Å²) in [5.41, 5.74) is 7.61. The van der Waals surface area contributed by atoms with Crippen LogP contribution in [0.1, 0.15) is 41.3 Å². The third kappa shape index (κ3) is 6.41. The number of rotatable bonds is 10. The molecule has 0 aliphatic carbocycles. The number of ether oxygens (including phenoxy) is 2. The molecule has 1 fully saturated rings. The Hall–Kier alpha value is -3.59. The van der Waals surface area contributed by atoms with Crippen LogP contribution in [0.2, 0.25) is 5.02 Å². The number of likely N-dealkylation sites (tertiary alicyclic amines) is 1. The van der Waals surface area contributed by atoms with Gasteiger partial charge < -0.3 is 25.4 Å². The lowest BCUT2D eigenvalue weighted by Gasteiger charge is -2.44. The van der Waals surface area contributed by atoms with Crippen LogP contribution in [-0.2, 0) is 14.9 Å². The first-order valence-electron chi connectivity index (χ1n) is 14.2. The van der Waals surface area contributed by atoms with Gasteiger partial charge in [0.15, 0.2) is 0 Å². The maximum absolute atomic E-state index is 14.1. The van der Waals surface area contributed by atoms with E-state index < -0.39 is 5.41 Å². The second-order valence-electron chi connectivity index (χ2n) is 11.1. The molecule has 42 heavy (non-hydrogen) atoms. The first-order valence-corrected chi connectivity index (χ1v) is 14.5. The number of hydrogen-bond acceptors (Lipinski definition) is 6. The maximum Gasteiger partial charge on any atom is 0.255 e. The molecule has 1 heterocycles. The van der Waals surface area contributed by atoms with Crippen molar-refractivity contribution in [1.29, 1.82) is 0 Å². The lowest BCUT2D eigenvalue weighted by atomic mass is 9.69. The third-order valence-electron chi connectivity index (χ3n) is 8.30. The smallest absolute Gasteiger partial charge is 0.255 e. The van der Waals surface area contributed by atoms with Gasteiger partial charge in [0.2, 0.25) is 5.91 Å². The molecule has 1 saturated heterocycles. The fraction of sp³-hybridized carbons (Fsp3) is 0.394. The van der Waals surface area contributed by atoms with E-state index in [-0.39, 0.29) is 30.0 Å². The molecule has 3 aromatic carbocycles. The Kier molecular flexibility index (Phi) is 10.1. The van der Waals surface area contributed by atoms with Crippen LogP contribution in [0.25, 0.3) is 0 Å². The SMILES string of the molecule is COc1cc(N)c(Cl)cc1C(=O)N[C@H]1CCN(C(C)CC(C(=O)N(C)C)(c2ccccc2)c2ccccc2)C[C@H]1OC. The number of piperidine rings is 1. The van der Waals surface area contributed by atoms with Crippen LogP contribution < -0.4 is 15.8 Å². The number of nitrogens with two attached hydrogens (primary N) is 1. The minimum Gasteiger partial charge on any atom is -0.496 e. The molecule has 3 N–H and O–H groups in total.